The molecule has 0 radical (unpaired) electrons. The van der Waals surface area contributed by atoms with E-state index < -0.39 is 0 Å². The van der Waals surface area contributed by atoms with Crippen molar-refractivity contribution in [2.75, 3.05) is 26.2 Å². The quantitative estimate of drug-likeness (QED) is 0.598. The first-order valence-electron chi connectivity index (χ1n) is 8.20. The summed E-state index contributed by atoms with van der Waals surface area (Å²) in [5, 5.41) is 3.48. The molecule has 0 aliphatic carbocycles. The topological polar surface area (TPSA) is 15.3 Å². The molecule has 2 nitrogen and oxygen atoms in total. The molecule has 18 heavy (non-hydrogen) atoms. The second kappa shape index (κ2) is 9.80. The van der Waals surface area contributed by atoms with E-state index in [1.807, 2.05) is 0 Å². The zero-order valence-corrected chi connectivity index (χ0v) is 12.9. The van der Waals surface area contributed by atoms with Crippen LogP contribution in [-0.2, 0) is 0 Å². The van der Waals surface area contributed by atoms with Gasteiger partial charge in [0.05, 0.1) is 0 Å². The Morgan fingerprint density at radius 2 is 1.89 bits per heavy atom. The van der Waals surface area contributed by atoms with E-state index in [4.69, 9.17) is 0 Å². The van der Waals surface area contributed by atoms with Crippen molar-refractivity contribution in [2.45, 2.75) is 71.8 Å². The molecule has 0 saturated carbocycles. The van der Waals surface area contributed by atoms with Crippen LogP contribution in [0, 0.1) is 5.92 Å². The summed E-state index contributed by atoms with van der Waals surface area (Å²) in [7, 11) is 0. The highest BCUT2D eigenvalue weighted by Gasteiger charge is 2.25. The Kier molecular flexibility index (Phi) is 8.70. The summed E-state index contributed by atoms with van der Waals surface area (Å²) < 4.78 is 0. The summed E-state index contributed by atoms with van der Waals surface area (Å²) in [5.41, 5.74) is 0. The van der Waals surface area contributed by atoms with Crippen LogP contribution in [0.4, 0.5) is 0 Å². The third-order valence-electron chi connectivity index (χ3n) is 4.16. The van der Waals surface area contributed by atoms with Gasteiger partial charge in [-0.3, -0.25) is 0 Å². The zero-order valence-electron chi connectivity index (χ0n) is 12.9. The zero-order chi connectivity index (χ0) is 13.2. The van der Waals surface area contributed by atoms with Crippen LogP contribution in [0.5, 0.6) is 0 Å². The molecule has 0 aromatic carbocycles. The summed E-state index contributed by atoms with van der Waals surface area (Å²) >= 11 is 0. The summed E-state index contributed by atoms with van der Waals surface area (Å²) in [6, 6.07) is 0.872. The van der Waals surface area contributed by atoms with Gasteiger partial charge in [0.2, 0.25) is 0 Å². The van der Waals surface area contributed by atoms with Gasteiger partial charge in [-0.15, -0.1) is 0 Å². The van der Waals surface area contributed by atoms with Gasteiger partial charge in [-0.1, -0.05) is 33.6 Å². The van der Waals surface area contributed by atoms with Crippen LogP contribution in [0.3, 0.4) is 0 Å². The number of rotatable bonds is 10. The van der Waals surface area contributed by atoms with E-state index in [2.05, 4.69) is 31.0 Å². The maximum absolute atomic E-state index is 3.48. The predicted molar refractivity (Wildman–Crippen MR) is 81.1 cm³/mol. The number of likely N-dealkylation sites (tertiary alicyclic amines) is 1. The molecular weight excluding hydrogens is 220 g/mol. The fourth-order valence-corrected chi connectivity index (χ4v) is 3.10. The fraction of sp³-hybridized carbons (Fsp3) is 1.00. The minimum absolute atomic E-state index is 0.839. The van der Waals surface area contributed by atoms with Gasteiger partial charge in [0.15, 0.2) is 0 Å². The molecule has 108 valence electrons. The lowest BCUT2D eigenvalue weighted by atomic mass is 10.0. The highest BCUT2D eigenvalue weighted by atomic mass is 15.2. The lowest BCUT2D eigenvalue weighted by molar-refractivity contribution is 0.202. The van der Waals surface area contributed by atoms with E-state index in [1.54, 1.807) is 0 Å². The average Bonchev–Trinajstić information content (AvgIpc) is 2.81. The highest BCUT2D eigenvalue weighted by Crippen LogP contribution is 2.23. The van der Waals surface area contributed by atoms with Crippen molar-refractivity contribution in [1.29, 1.82) is 0 Å². The van der Waals surface area contributed by atoms with E-state index in [0.717, 1.165) is 12.0 Å². The van der Waals surface area contributed by atoms with Crippen LogP contribution < -0.4 is 5.32 Å². The molecule has 1 fully saturated rings. The van der Waals surface area contributed by atoms with Gasteiger partial charge in [0, 0.05) is 6.04 Å². The summed E-state index contributed by atoms with van der Waals surface area (Å²) in [4.78, 5) is 2.74. The lowest BCUT2D eigenvalue weighted by Gasteiger charge is -2.27. The van der Waals surface area contributed by atoms with Crippen molar-refractivity contribution in [3.05, 3.63) is 0 Å². The maximum Gasteiger partial charge on any atom is 0.0119 e. The van der Waals surface area contributed by atoms with Crippen molar-refractivity contribution < 1.29 is 0 Å². The minimum Gasteiger partial charge on any atom is -0.317 e. The molecule has 1 unspecified atom stereocenters. The fourth-order valence-electron chi connectivity index (χ4n) is 3.10. The van der Waals surface area contributed by atoms with E-state index >= 15 is 0 Å². The molecule has 2 heteroatoms. The van der Waals surface area contributed by atoms with Crippen molar-refractivity contribution in [2.24, 2.45) is 5.92 Å². The largest absolute Gasteiger partial charge is 0.317 e. The van der Waals surface area contributed by atoms with Gasteiger partial charge in [-0.25, -0.2) is 0 Å². The Balaban J connectivity index is 1.94. The Bertz CT molecular complexity index is 192. The van der Waals surface area contributed by atoms with Crippen LogP contribution in [0.2, 0.25) is 0 Å². The van der Waals surface area contributed by atoms with E-state index in [1.165, 1.54) is 71.1 Å². The second-order valence-corrected chi connectivity index (χ2v) is 6.15. The monoisotopic (exact) mass is 254 g/mol. The van der Waals surface area contributed by atoms with Crippen molar-refractivity contribution >= 4 is 0 Å². The van der Waals surface area contributed by atoms with Crippen LogP contribution in [0.1, 0.15) is 65.7 Å². The normalized spacial score (nSPS) is 21.0. The Hall–Kier alpha value is -0.0800. The first-order valence-corrected chi connectivity index (χ1v) is 8.20. The van der Waals surface area contributed by atoms with Gasteiger partial charge < -0.3 is 10.2 Å². The minimum atomic E-state index is 0.839. The summed E-state index contributed by atoms with van der Waals surface area (Å²) in [5.74, 6) is 0.839. The molecule has 0 bridgehead atoms. The molecule has 0 spiro atoms. The van der Waals surface area contributed by atoms with Gasteiger partial charge >= 0.3 is 0 Å². The smallest absolute Gasteiger partial charge is 0.0119 e. The molecule has 1 atom stereocenters. The molecule has 1 saturated heterocycles. The van der Waals surface area contributed by atoms with Crippen LogP contribution >= 0.6 is 0 Å². The molecule has 1 aliphatic heterocycles. The average molecular weight is 254 g/mol. The molecule has 0 amide bonds. The summed E-state index contributed by atoms with van der Waals surface area (Å²) in [6.45, 7) is 12.1. The van der Waals surface area contributed by atoms with Gasteiger partial charge in [0.1, 0.15) is 0 Å². The summed E-state index contributed by atoms with van der Waals surface area (Å²) in [6.07, 6.45) is 9.67. The van der Waals surface area contributed by atoms with E-state index in [-0.39, 0.29) is 0 Å². The van der Waals surface area contributed by atoms with E-state index in [9.17, 15) is 0 Å². The number of hydrogen-bond donors (Lipinski definition) is 1. The maximum atomic E-state index is 3.48. The third kappa shape index (κ3) is 6.19. The Morgan fingerprint density at radius 3 is 2.61 bits per heavy atom. The van der Waals surface area contributed by atoms with Crippen LogP contribution in [0.25, 0.3) is 0 Å². The molecule has 0 aromatic heterocycles. The van der Waals surface area contributed by atoms with Crippen molar-refractivity contribution in [1.82, 2.24) is 10.2 Å². The number of nitrogens with zero attached hydrogens (tertiary/aromatic N) is 1. The number of unbranched alkanes of at least 4 members (excludes halogenated alkanes) is 3. The SMILES string of the molecule is CCCNCCCCCCN1CCCC1C(C)C. The highest BCUT2D eigenvalue weighted by molar-refractivity contribution is 4.81. The Labute approximate surface area is 115 Å². The third-order valence-corrected chi connectivity index (χ3v) is 4.16. The molecule has 1 heterocycles. The first kappa shape index (κ1) is 16.0. The molecule has 1 N–H and O–H groups in total. The van der Waals surface area contributed by atoms with Gasteiger partial charge in [-0.2, -0.15) is 0 Å². The molecule has 1 rings (SSSR count). The lowest BCUT2D eigenvalue weighted by Crippen LogP contribution is -2.34. The van der Waals surface area contributed by atoms with Crippen molar-refractivity contribution in [3.8, 4) is 0 Å². The van der Waals surface area contributed by atoms with Crippen LogP contribution in [0.15, 0.2) is 0 Å². The van der Waals surface area contributed by atoms with Crippen molar-refractivity contribution in [3.63, 3.8) is 0 Å². The standard InChI is InChI=1S/C16H34N2/c1-4-11-17-12-7-5-6-8-13-18-14-9-10-16(18)15(2)3/h15-17H,4-14H2,1-3H3. The van der Waals surface area contributed by atoms with Crippen LogP contribution in [-0.4, -0.2) is 37.1 Å². The predicted octanol–water partition coefficient (Wildman–Crippen LogP) is 3.67. The van der Waals surface area contributed by atoms with E-state index in [0.29, 0.717) is 0 Å². The number of hydrogen-bond acceptors (Lipinski definition) is 2. The molecular formula is C16H34N2. The first-order chi connectivity index (χ1) is 8.75. The van der Waals surface area contributed by atoms with Gasteiger partial charge in [-0.05, 0) is 64.2 Å². The molecule has 0 aromatic rings. The Morgan fingerprint density at radius 1 is 1.11 bits per heavy atom. The number of nitrogens with one attached hydrogen (secondary N) is 1. The molecule has 1 aliphatic rings. The second-order valence-electron chi connectivity index (χ2n) is 6.15. The van der Waals surface area contributed by atoms with Gasteiger partial charge in [0.25, 0.3) is 0 Å².